The van der Waals surface area contributed by atoms with Crippen LogP contribution in [0.4, 0.5) is 5.69 Å². The van der Waals surface area contributed by atoms with Crippen molar-refractivity contribution in [1.29, 1.82) is 0 Å². The Morgan fingerprint density at radius 1 is 0.968 bits per heavy atom. The van der Waals surface area contributed by atoms with E-state index in [0.717, 1.165) is 22.6 Å². The lowest BCUT2D eigenvalue weighted by Gasteiger charge is -2.15. The van der Waals surface area contributed by atoms with Crippen molar-refractivity contribution in [3.63, 3.8) is 0 Å². The Labute approximate surface area is 181 Å². The van der Waals surface area contributed by atoms with Crippen LogP contribution in [0.3, 0.4) is 0 Å². The second kappa shape index (κ2) is 9.30. The molecule has 0 spiro atoms. The molecule has 0 bridgehead atoms. The molecule has 0 aliphatic heterocycles. The number of amides is 2. The number of benzene rings is 2. The molecule has 0 saturated carbocycles. The molecule has 0 aliphatic carbocycles. The van der Waals surface area contributed by atoms with Crippen molar-refractivity contribution in [1.82, 2.24) is 9.99 Å². The standard InChI is InChI=1S/C24H26N4O3/c1-15-8-6-9-16(2)22(15)28-17(3)12-19(18(28)4)14-25-27-24(30)23(29)26-20-10-7-11-21(13-20)31-5/h6-14H,1-5H3,(H,26,29)(H,27,30)/b25-14-. The number of nitrogens with zero attached hydrogens (tertiary/aromatic N) is 2. The van der Waals surface area contributed by atoms with E-state index in [4.69, 9.17) is 4.74 Å². The molecule has 7 nitrogen and oxygen atoms in total. The normalized spacial score (nSPS) is 10.9. The molecule has 1 heterocycles. The second-order valence-electron chi connectivity index (χ2n) is 7.29. The van der Waals surface area contributed by atoms with E-state index in [1.807, 2.05) is 26.0 Å². The fourth-order valence-corrected chi connectivity index (χ4v) is 3.52. The highest BCUT2D eigenvalue weighted by molar-refractivity contribution is 6.39. The minimum Gasteiger partial charge on any atom is -0.497 e. The molecule has 0 atom stereocenters. The van der Waals surface area contributed by atoms with Gasteiger partial charge in [-0.15, -0.1) is 0 Å². The minimum absolute atomic E-state index is 0.459. The molecule has 160 valence electrons. The van der Waals surface area contributed by atoms with Crippen LogP contribution in [0.2, 0.25) is 0 Å². The van der Waals surface area contributed by atoms with Gasteiger partial charge in [-0.2, -0.15) is 5.10 Å². The summed E-state index contributed by atoms with van der Waals surface area (Å²) in [5, 5.41) is 6.48. The van der Waals surface area contributed by atoms with E-state index in [-0.39, 0.29) is 0 Å². The number of carbonyl (C=O) groups excluding carboxylic acids is 2. The second-order valence-corrected chi connectivity index (χ2v) is 7.29. The van der Waals surface area contributed by atoms with E-state index in [0.29, 0.717) is 11.4 Å². The van der Waals surface area contributed by atoms with E-state index < -0.39 is 11.8 Å². The summed E-state index contributed by atoms with van der Waals surface area (Å²) in [5.74, 6) is -1.09. The van der Waals surface area contributed by atoms with E-state index in [1.54, 1.807) is 30.5 Å². The van der Waals surface area contributed by atoms with Crippen LogP contribution in [0.25, 0.3) is 5.69 Å². The molecule has 7 heteroatoms. The van der Waals surface area contributed by atoms with Crippen molar-refractivity contribution in [3.8, 4) is 11.4 Å². The number of aryl methyl sites for hydroxylation is 3. The van der Waals surface area contributed by atoms with Crippen molar-refractivity contribution >= 4 is 23.7 Å². The van der Waals surface area contributed by atoms with Crippen molar-refractivity contribution in [2.45, 2.75) is 27.7 Å². The maximum Gasteiger partial charge on any atom is 0.329 e. The number of anilines is 1. The number of hydrogen-bond acceptors (Lipinski definition) is 4. The van der Waals surface area contributed by atoms with Gasteiger partial charge in [0.2, 0.25) is 0 Å². The Morgan fingerprint density at radius 3 is 2.32 bits per heavy atom. The predicted molar refractivity (Wildman–Crippen MR) is 122 cm³/mol. The number of hydrazone groups is 1. The zero-order valence-corrected chi connectivity index (χ0v) is 18.3. The molecule has 2 aromatic carbocycles. The highest BCUT2D eigenvalue weighted by Crippen LogP contribution is 2.25. The van der Waals surface area contributed by atoms with Crippen LogP contribution in [0.15, 0.2) is 53.6 Å². The van der Waals surface area contributed by atoms with Gasteiger partial charge in [-0.05, 0) is 57.0 Å². The first-order chi connectivity index (χ1) is 14.8. The maximum absolute atomic E-state index is 12.1. The summed E-state index contributed by atoms with van der Waals surface area (Å²) in [7, 11) is 1.53. The predicted octanol–water partition coefficient (Wildman–Crippen LogP) is 3.81. The molecule has 3 aromatic rings. The minimum atomic E-state index is -0.859. The first kappa shape index (κ1) is 21.8. The molecule has 0 aliphatic rings. The zero-order chi connectivity index (χ0) is 22.5. The number of para-hydroxylation sites is 1. The monoisotopic (exact) mass is 418 g/mol. The third kappa shape index (κ3) is 4.83. The van der Waals surface area contributed by atoms with Crippen LogP contribution < -0.4 is 15.5 Å². The van der Waals surface area contributed by atoms with Gasteiger partial charge in [0, 0.05) is 28.7 Å². The molecule has 31 heavy (non-hydrogen) atoms. The molecule has 0 unspecified atom stereocenters. The Hall–Kier alpha value is -3.87. The number of aromatic nitrogens is 1. The third-order valence-electron chi connectivity index (χ3n) is 5.04. The number of rotatable bonds is 5. The Bertz CT molecular complexity index is 1140. The molecule has 0 saturated heterocycles. The summed E-state index contributed by atoms with van der Waals surface area (Å²) in [6.45, 7) is 8.18. The van der Waals surface area contributed by atoms with E-state index >= 15 is 0 Å². The van der Waals surface area contributed by atoms with Crippen molar-refractivity contribution < 1.29 is 14.3 Å². The molecular formula is C24H26N4O3. The van der Waals surface area contributed by atoms with Crippen LogP contribution in [0, 0.1) is 27.7 Å². The molecular weight excluding hydrogens is 392 g/mol. The summed E-state index contributed by atoms with van der Waals surface area (Å²) >= 11 is 0. The fraction of sp³-hybridized carbons (Fsp3) is 0.208. The lowest BCUT2D eigenvalue weighted by atomic mass is 10.1. The first-order valence-corrected chi connectivity index (χ1v) is 9.85. The average molecular weight is 418 g/mol. The number of carbonyl (C=O) groups is 2. The van der Waals surface area contributed by atoms with Gasteiger partial charge in [0.25, 0.3) is 0 Å². The first-order valence-electron chi connectivity index (χ1n) is 9.85. The van der Waals surface area contributed by atoms with Crippen LogP contribution in [-0.4, -0.2) is 29.7 Å². The van der Waals surface area contributed by atoms with Crippen LogP contribution in [0.5, 0.6) is 5.75 Å². The Kier molecular flexibility index (Phi) is 6.55. The van der Waals surface area contributed by atoms with E-state index in [1.165, 1.54) is 18.2 Å². The van der Waals surface area contributed by atoms with E-state index in [9.17, 15) is 9.59 Å². The number of ether oxygens (including phenoxy) is 1. The van der Waals surface area contributed by atoms with Crippen LogP contribution in [-0.2, 0) is 9.59 Å². The third-order valence-corrected chi connectivity index (χ3v) is 5.04. The van der Waals surface area contributed by atoms with Crippen molar-refractivity contribution in [2.24, 2.45) is 5.10 Å². The molecule has 0 radical (unpaired) electrons. The van der Waals surface area contributed by atoms with Gasteiger partial charge in [-0.25, -0.2) is 5.43 Å². The summed E-state index contributed by atoms with van der Waals surface area (Å²) in [4.78, 5) is 24.2. The number of nitrogens with one attached hydrogen (secondary N) is 2. The Balaban J connectivity index is 1.71. The van der Waals surface area contributed by atoms with Crippen LogP contribution in [0.1, 0.15) is 28.1 Å². The lowest BCUT2D eigenvalue weighted by molar-refractivity contribution is -0.136. The van der Waals surface area contributed by atoms with Crippen molar-refractivity contribution in [2.75, 3.05) is 12.4 Å². The quantitative estimate of drug-likeness (QED) is 0.375. The summed E-state index contributed by atoms with van der Waals surface area (Å²) in [5.41, 5.74) is 9.12. The van der Waals surface area contributed by atoms with Gasteiger partial charge in [0.15, 0.2) is 0 Å². The molecule has 2 N–H and O–H groups in total. The molecule has 1 aromatic heterocycles. The maximum atomic E-state index is 12.1. The van der Waals surface area contributed by atoms with Gasteiger partial charge in [-0.1, -0.05) is 24.3 Å². The summed E-state index contributed by atoms with van der Waals surface area (Å²) in [6, 6.07) is 14.9. The highest BCUT2D eigenvalue weighted by Gasteiger charge is 2.15. The summed E-state index contributed by atoms with van der Waals surface area (Å²) in [6.07, 6.45) is 1.54. The average Bonchev–Trinajstić information content (AvgIpc) is 3.01. The molecule has 3 rings (SSSR count). The zero-order valence-electron chi connectivity index (χ0n) is 18.3. The SMILES string of the molecule is COc1cccc(NC(=O)C(=O)N/N=C\c2cc(C)n(-c3c(C)cccc3C)c2C)c1. The van der Waals surface area contributed by atoms with Gasteiger partial charge >= 0.3 is 11.8 Å². The van der Waals surface area contributed by atoms with Crippen LogP contribution >= 0.6 is 0 Å². The highest BCUT2D eigenvalue weighted by atomic mass is 16.5. The lowest BCUT2D eigenvalue weighted by Crippen LogP contribution is -2.32. The molecule has 2 amide bonds. The molecule has 0 fully saturated rings. The number of methoxy groups -OCH3 is 1. The smallest absolute Gasteiger partial charge is 0.329 e. The van der Waals surface area contributed by atoms with Crippen molar-refractivity contribution in [3.05, 3.63) is 76.6 Å². The topological polar surface area (TPSA) is 84.7 Å². The fourth-order valence-electron chi connectivity index (χ4n) is 3.52. The Morgan fingerprint density at radius 2 is 1.65 bits per heavy atom. The van der Waals surface area contributed by atoms with Gasteiger partial charge in [0.05, 0.1) is 19.0 Å². The largest absolute Gasteiger partial charge is 0.497 e. The van der Waals surface area contributed by atoms with Gasteiger partial charge < -0.3 is 14.6 Å². The van der Waals surface area contributed by atoms with E-state index in [2.05, 4.69) is 46.4 Å². The van der Waals surface area contributed by atoms with Gasteiger partial charge in [0.1, 0.15) is 5.75 Å². The van der Waals surface area contributed by atoms with Gasteiger partial charge in [-0.3, -0.25) is 9.59 Å². The summed E-state index contributed by atoms with van der Waals surface area (Å²) < 4.78 is 7.27. The number of hydrogen-bond donors (Lipinski definition) is 2.